The van der Waals surface area contributed by atoms with E-state index >= 15 is 0 Å². The lowest BCUT2D eigenvalue weighted by atomic mass is 10.1. The second kappa shape index (κ2) is 12.1. The van der Waals surface area contributed by atoms with Crippen LogP contribution in [-0.4, -0.2) is 65.6 Å². The maximum absolute atomic E-state index is 12.5. The Labute approximate surface area is 206 Å². The topological polar surface area (TPSA) is 59.8 Å². The van der Waals surface area contributed by atoms with Gasteiger partial charge in [0.15, 0.2) is 0 Å². The molecule has 0 spiro atoms. The summed E-state index contributed by atoms with van der Waals surface area (Å²) in [6.45, 7) is 5.97. The van der Waals surface area contributed by atoms with Gasteiger partial charge in [0.2, 0.25) is 5.91 Å². The highest BCUT2D eigenvalue weighted by Gasteiger charge is 2.12. The summed E-state index contributed by atoms with van der Waals surface area (Å²) in [6, 6.07) is 12.2. The van der Waals surface area contributed by atoms with Gasteiger partial charge < -0.3 is 18.9 Å². The molecule has 34 heavy (non-hydrogen) atoms. The number of carbonyl (C=O) groups is 1. The highest BCUT2D eigenvalue weighted by molar-refractivity contribution is 7.97. The van der Waals surface area contributed by atoms with E-state index < -0.39 is 0 Å². The van der Waals surface area contributed by atoms with Gasteiger partial charge in [0.1, 0.15) is 12.4 Å². The molecule has 1 amide bonds. The summed E-state index contributed by atoms with van der Waals surface area (Å²) < 4.78 is 15.0. The Morgan fingerprint density at radius 2 is 1.79 bits per heavy atom. The summed E-state index contributed by atoms with van der Waals surface area (Å²) in [5.74, 6) is 0.836. The normalized spacial score (nSPS) is 11.1. The predicted octanol–water partition coefficient (Wildman–Crippen LogP) is 4.33. The van der Waals surface area contributed by atoms with Crippen LogP contribution in [0.3, 0.4) is 0 Å². The van der Waals surface area contributed by atoms with Gasteiger partial charge in [0.25, 0.3) is 0 Å². The van der Waals surface area contributed by atoms with Crippen LogP contribution >= 0.6 is 11.9 Å². The van der Waals surface area contributed by atoms with Gasteiger partial charge in [-0.2, -0.15) is 0 Å². The summed E-state index contributed by atoms with van der Waals surface area (Å²) in [6.07, 6.45) is 3.77. The molecule has 0 saturated heterocycles. The second-order valence-corrected chi connectivity index (χ2v) is 9.67. The van der Waals surface area contributed by atoms with Gasteiger partial charge >= 0.3 is 0 Å². The second-order valence-electron chi connectivity index (χ2n) is 8.46. The van der Waals surface area contributed by atoms with E-state index in [2.05, 4.69) is 23.1 Å². The quantitative estimate of drug-likeness (QED) is 0.300. The molecule has 0 aliphatic rings. The van der Waals surface area contributed by atoms with Crippen LogP contribution in [0.5, 0.6) is 5.75 Å². The average Bonchev–Trinajstić information content (AvgIpc) is 3.25. The van der Waals surface area contributed by atoms with Crippen molar-refractivity contribution in [3.63, 3.8) is 0 Å². The first-order valence-electron chi connectivity index (χ1n) is 11.2. The summed E-state index contributed by atoms with van der Waals surface area (Å²) >= 11 is 1.68. The van der Waals surface area contributed by atoms with Crippen LogP contribution in [0, 0.1) is 13.8 Å². The Morgan fingerprint density at radius 1 is 1.12 bits per heavy atom. The van der Waals surface area contributed by atoms with Crippen LogP contribution in [0.2, 0.25) is 0 Å². The number of ether oxygens (including phenoxy) is 2. The van der Waals surface area contributed by atoms with E-state index in [-0.39, 0.29) is 12.5 Å². The van der Waals surface area contributed by atoms with Crippen molar-refractivity contribution in [2.24, 2.45) is 7.05 Å². The number of methoxy groups -OCH3 is 1. The van der Waals surface area contributed by atoms with Crippen LogP contribution in [-0.2, 0) is 23.1 Å². The van der Waals surface area contributed by atoms with Crippen molar-refractivity contribution in [3.05, 3.63) is 65.6 Å². The van der Waals surface area contributed by atoms with E-state index in [4.69, 9.17) is 9.47 Å². The van der Waals surface area contributed by atoms with Crippen molar-refractivity contribution in [2.45, 2.75) is 25.3 Å². The Morgan fingerprint density at radius 3 is 2.38 bits per heavy atom. The number of aryl methyl sites for hydroxylation is 3. The minimum absolute atomic E-state index is 0.0362. The molecule has 0 aliphatic carbocycles. The number of carbonyl (C=O) groups excluding carboxylic acids is 1. The summed E-state index contributed by atoms with van der Waals surface area (Å²) in [4.78, 5) is 19.8. The lowest BCUT2D eigenvalue weighted by Gasteiger charge is -2.20. The molecule has 0 atom stereocenters. The fourth-order valence-electron chi connectivity index (χ4n) is 3.54. The Kier molecular flexibility index (Phi) is 9.15. The molecule has 2 aromatic carbocycles. The Hall–Kier alpha value is -2.81. The fraction of sp³-hybridized carbons (Fsp3) is 0.385. The van der Waals surface area contributed by atoms with Crippen LogP contribution in [0.25, 0.3) is 11.3 Å². The molecule has 0 aliphatic heterocycles. The number of imidazole rings is 1. The van der Waals surface area contributed by atoms with Crippen molar-refractivity contribution in [3.8, 4) is 17.0 Å². The number of hydrogen-bond donors (Lipinski definition) is 0. The lowest BCUT2D eigenvalue weighted by molar-refractivity contribution is -0.135. The molecular formula is C26H34N4O3S. The van der Waals surface area contributed by atoms with Gasteiger partial charge in [-0.25, -0.2) is 9.29 Å². The highest BCUT2D eigenvalue weighted by Crippen LogP contribution is 2.31. The van der Waals surface area contributed by atoms with Crippen molar-refractivity contribution in [1.29, 1.82) is 0 Å². The minimum atomic E-state index is -0.0362. The smallest absolute Gasteiger partial charge is 0.248 e. The monoisotopic (exact) mass is 482 g/mol. The average molecular weight is 483 g/mol. The summed E-state index contributed by atoms with van der Waals surface area (Å²) in [5.41, 5.74) is 5.42. The van der Waals surface area contributed by atoms with E-state index in [0.717, 1.165) is 22.6 Å². The molecule has 3 aromatic rings. The number of amides is 1. The fourth-order valence-corrected chi connectivity index (χ4v) is 4.42. The third-order valence-corrected chi connectivity index (χ3v) is 6.81. The molecule has 7 nitrogen and oxygen atoms in total. The number of rotatable bonds is 11. The molecule has 0 fully saturated rings. The van der Waals surface area contributed by atoms with Gasteiger partial charge in [-0.05, 0) is 61.7 Å². The number of benzene rings is 2. The standard InChI is InChI=1S/C26H34N4O3S/c1-19-13-23(32-6)14-20(2)26(19)34-30(5)11-12-33-17-25(31)29(4)15-21-7-9-22(10-8-21)24-16-28(3)18-27-24/h7-10,13-14,16,18H,11-12,15,17H2,1-6H3. The van der Waals surface area contributed by atoms with Crippen LogP contribution in [0.15, 0.2) is 53.8 Å². The first kappa shape index (κ1) is 25.8. The zero-order valence-electron chi connectivity index (χ0n) is 20.9. The van der Waals surface area contributed by atoms with Crippen molar-refractivity contribution in [2.75, 3.05) is 41.0 Å². The molecule has 0 N–H and O–H groups in total. The molecule has 1 aromatic heterocycles. The van der Waals surface area contributed by atoms with Gasteiger partial charge in [-0.15, -0.1) is 0 Å². The summed E-state index contributed by atoms with van der Waals surface area (Å²) in [5, 5.41) is 0. The minimum Gasteiger partial charge on any atom is -0.497 e. The van der Waals surface area contributed by atoms with E-state index in [9.17, 15) is 4.79 Å². The number of nitrogens with zero attached hydrogens (tertiary/aromatic N) is 4. The third-order valence-electron chi connectivity index (χ3n) is 5.49. The molecule has 3 rings (SSSR count). The lowest BCUT2D eigenvalue weighted by Crippen LogP contribution is -2.30. The van der Waals surface area contributed by atoms with E-state index in [1.165, 1.54) is 16.0 Å². The predicted molar refractivity (Wildman–Crippen MR) is 137 cm³/mol. The number of aromatic nitrogens is 2. The largest absolute Gasteiger partial charge is 0.497 e. The van der Waals surface area contributed by atoms with Gasteiger partial charge in [-0.3, -0.25) is 4.79 Å². The SMILES string of the molecule is COc1cc(C)c(SN(C)CCOCC(=O)N(C)Cc2ccc(-c3cn(C)cn3)cc2)c(C)c1. The van der Waals surface area contributed by atoms with Crippen LogP contribution in [0.1, 0.15) is 16.7 Å². The molecular weight excluding hydrogens is 448 g/mol. The number of likely N-dealkylation sites (N-methyl/N-ethyl adjacent to an activating group) is 2. The molecule has 0 saturated carbocycles. The molecule has 1 heterocycles. The maximum atomic E-state index is 12.5. The Balaban J connectivity index is 1.40. The molecule has 0 bridgehead atoms. The van der Waals surface area contributed by atoms with Crippen molar-refractivity contribution >= 4 is 17.9 Å². The van der Waals surface area contributed by atoms with Crippen molar-refractivity contribution < 1.29 is 14.3 Å². The highest BCUT2D eigenvalue weighted by atomic mass is 32.2. The molecule has 0 radical (unpaired) electrons. The third kappa shape index (κ3) is 7.09. The zero-order chi connectivity index (χ0) is 24.7. The number of hydrogen-bond acceptors (Lipinski definition) is 6. The van der Waals surface area contributed by atoms with Crippen LogP contribution in [0.4, 0.5) is 0 Å². The van der Waals surface area contributed by atoms with Crippen LogP contribution < -0.4 is 4.74 Å². The first-order chi connectivity index (χ1) is 16.3. The molecule has 182 valence electrons. The molecule has 8 heteroatoms. The van der Waals surface area contributed by atoms with Gasteiger partial charge in [0, 0.05) is 43.8 Å². The van der Waals surface area contributed by atoms with Crippen molar-refractivity contribution in [1.82, 2.24) is 18.8 Å². The van der Waals surface area contributed by atoms with E-state index in [1.807, 2.05) is 61.3 Å². The summed E-state index contributed by atoms with van der Waals surface area (Å²) in [7, 11) is 7.46. The maximum Gasteiger partial charge on any atom is 0.248 e. The Bertz CT molecular complexity index is 1070. The van der Waals surface area contributed by atoms with E-state index in [0.29, 0.717) is 19.7 Å². The van der Waals surface area contributed by atoms with Gasteiger partial charge in [0.05, 0.1) is 25.7 Å². The molecule has 0 unspecified atom stereocenters. The zero-order valence-corrected chi connectivity index (χ0v) is 21.7. The first-order valence-corrected chi connectivity index (χ1v) is 12.0. The van der Waals surface area contributed by atoms with E-state index in [1.54, 1.807) is 37.3 Å². The van der Waals surface area contributed by atoms with Gasteiger partial charge in [-0.1, -0.05) is 24.3 Å².